The summed E-state index contributed by atoms with van der Waals surface area (Å²) < 4.78 is 23.0. The first-order valence-corrected chi connectivity index (χ1v) is 14.5. The molecule has 0 aliphatic heterocycles. The molecule has 1 heterocycles. The molecule has 0 bridgehead atoms. The number of hydrogen-bond donors (Lipinski definition) is 0. The van der Waals surface area contributed by atoms with Crippen LogP contribution in [0, 0.1) is 0 Å². The van der Waals surface area contributed by atoms with Crippen molar-refractivity contribution in [1.29, 1.82) is 0 Å². The smallest absolute Gasteiger partial charge is 0.302 e. The average Bonchev–Trinajstić information content (AvgIpc) is 2.74. The highest BCUT2D eigenvalue weighted by atomic mass is 28.4. The van der Waals surface area contributed by atoms with Crippen LogP contribution in [-0.4, -0.2) is 39.6 Å². The van der Waals surface area contributed by atoms with Gasteiger partial charge in [-0.2, -0.15) is 0 Å². The largest absolute Gasteiger partial charge is 0.530 e. The van der Waals surface area contributed by atoms with Crippen molar-refractivity contribution in [3.05, 3.63) is 36.0 Å². The van der Waals surface area contributed by atoms with Gasteiger partial charge in [-0.3, -0.25) is 4.79 Å². The van der Waals surface area contributed by atoms with Gasteiger partial charge in [0.2, 0.25) is 5.88 Å². The van der Waals surface area contributed by atoms with Crippen molar-refractivity contribution in [3.8, 4) is 28.5 Å². The van der Waals surface area contributed by atoms with Gasteiger partial charge in [0.15, 0.2) is 11.5 Å². The number of aromatic nitrogens is 1. The summed E-state index contributed by atoms with van der Waals surface area (Å²) in [7, 11) is -0.417. The van der Waals surface area contributed by atoms with Gasteiger partial charge >= 0.3 is 5.97 Å². The number of aryl methyl sites for hydroxylation is 1. The van der Waals surface area contributed by atoms with E-state index in [0.29, 0.717) is 37.7 Å². The van der Waals surface area contributed by atoms with Gasteiger partial charge in [0, 0.05) is 24.2 Å². The lowest BCUT2D eigenvalue weighted by atomic mass is 10.0. The molecule has 6 nitrogen and oxygen atoms in total. The summed E-state index contributed by atoms with van der Waals surface area (Å²) in [5.41, 5.74) is 2.98. The van der Waals surface area contributed by atoms with Crippen molar-refractivity contribution in [2.45, 2.75) is 72.0 Å². The third-order valence-corrected chi connectivity index (χ3v) is 10.3. The van der Waals surface area contributed by atoms with Crippen molar-refractivity contribution >= 4 is 14.3 Å². The molecule has 0 amide bonds. The molecule has 0 saturated heterocycles. The number of hydrogen-bond acceptors (Lipinski definition) is 6. The van der Waals surface area contributed by atoms with E-state index in [1.807, 2.05) is 24.4 Å². The summed E-state index contributed by atoms with van der Waals surface area (Å²) in [4.78, 5) is 15.9. The second-order valence-electron chi connectivity index (χ2n) is 9.71. The molecule has 1 aromatic carbocycles. The Balaban J connectivity index is 2.40. The van der Waals surface area contributed by atoms with Crippen LogP contribution >= 0.6 is 0 Å². The molecule has 0 spiro atoms. The number of carbonyl (C=O) groups excluding carboxylic acids is 1. The molecule has 0 N–H and O–H groups in total. The first-order valence-electron chi connectivity index (χ1n) is 11.6. The first-order chi connectivity index (χ1) is 15.5. The maximum absolute atomic E-state index is 11.1. The van der Waals surface area contributed by atoms with Crippen LogP contribution in [0.25, 0.3) is 11.1 Å². The van der Waals surface area contributed by atoms with E-state index in [1.165, 1.54) is 6.92 Å². The number of nitrogens with zero attached hydrogens (tertiary/aromatic N) is 1. The topological polar surface area (TPSA) is 66.9 Å². The number of pyridine rings is 1. The predicted octanol–water partition coefficient (Wildman–Crippen LogP) is 6.43. The minimum absolute atomic E-state index is 0.0594. The molecule has 182 valence electrons. The minimum Gasteiger partial charge on any atom is -0.530 e. The summed E-state index contributed by atoms with van der Waals surface area (Å²) in [6, 6.07) is 8.03. The Bertz CT molecular complexity index is 937. The van der Waals surface area contributed by atoms with Crippen molar-refractivity contribution in [2.75, 3.05) is 20.3 Å². The monoisotopic (exact) mass is 473 g/mol. The van der Waals surface area contributed by atoms with Crippen LogP contribution in [0.4, 0.5) is 0 Å². The average molecular weight is 474 g/mol. The predicted molar refractivity (Wildman–Crippen MR) is 135 cm³/mol. The Kier molecular flexibility index (Phi) is 9.34. The Morgan fingerprint density at radius 2 is 1.79 bits per heavy atom. The molecule has 0 saturated carbocycles. The first kappa shape index (κ1) is 26.7. The molecule has 1 aromatic heterocycles. The Hall–Kier alpha value is -2.54. The summed E-state index contributed by atoms with van der Waals surface area (Å²) in [5, 5.41) is 0.0594. The maximum Gasteiger partial charge on any atom is 0.302 e. The third-order valence-electron chi connectivity index (χ3n) is 5.94. The van der Waals surface area contributed by atoms with Crippen molar-refractivity contribution in [3.63, 3.8) is 0 Å². The molecule has 2 aromatic rings. The summed E-state index contributed by atoms with van der Waals surface area (Å²) in [6.07, 6.45) is 4.17. The molecule has 0 fully saturated rings. The van der Waals surface area contributed by atoms with E-state index in [9.17, 15) is 4.79 Å². The van der Waals surface area contributed by atoms with E-state index in [-0.39, 0.29) is 11.0 Å². The van der Waals surface area contributed by atoms with Crippen LogP contribution in [0.2, 0.25) is 18.1 Å². The van der Waals surface area contributed by atoms with Gasteiger partial charge in [0.25, 0.3) is 8.32 Å². The van der Waals surface area contributed by atoms with Gasteiger partial charge in [-0.25, -0.2) is 4.98 Å². The van der Waals surface area contributed by atoms with Gasteiger partial charge in [0.1, 0.15) is 0 Å². The van der Waals surface area contributed by atoms with Crippen LogP contribution in [0.5, 0.6) is 17.4 Å². The number of rotatable bonds is 11. The van der Waals surface area contributed by atoms with Crippen molar-refractivity contribution in [2.24, 2.45) is 0 Å². The zero-order valence-corrected chi connectivity index (χ0v) is 22.4. The summed E-state index contributed by atoms with van der Waals surface area (Å²) in [5.74, 6) is 1.83. The lowest BCUT2D eigenvalue weighted by Crippen LogP contribution is -2.44. The Morgan fingerprint density at radius 3 is 2.39 bits per heavy atom. The van der Waals surface area contributed by atoms with Gasteiger partial charge in [-0.15, -0.1) is 0 Å². The van der Waals surface area contributed by atoms with E-state index in [4.69, 9.17) is 23.6 Å². The highest BCUT2D eigenvalue weighted by Crippen LogP contribution is 2.39. The molecule has 0 aliphatic rings. The zero-order chi connectivity index (χ0) is 24.6. The van der Waals surface area contributed by atoms with Crippen molar-refractivity contribution < 1.29 is 23.4 Å². The molecular formula is C26H39NO5Si. The molecule has 33 heavy (non-hydrogen) atoms. The van der Waals surface area contributed by atoms with E-state index in [2.05, 4.69) is 46.9 Å². The third kappa shape index (κ3) is 7.49. The van der Waals surface area contributed by atoms with Crippen LogP contribution in [0.15, 0.2) is 30.5 Å². The fourth-order valence-electron chi connectivity index (χ4n) is 2.98. The van der Waals surface area contributed by atoms with E-state index in [1.54, 1.807) is 7.11 Å². The highest BCUT2D eigenvalue weighted by Gasteiger charge is 2.39. The van der Waals surface area contributed by atoms with Gasteiger partial charge in [0.05, 0.1) is 20.3 Å². The zero-order valence-electron chi connectivity index (χ0n) is 21.4. The van der Waals surface area contributed by atoms with Crippen molar-refractivity contribution in [1.82, 2.24) is 4.98 Å². The summed E-state index contributed by atoms with van der Waals surface area (Å²) in [6.45, 7) is 15.6. The van der Waals surface area contributed by atoms with Crippen LogP contribution < -0.4 is 13.9 Å². The SMILES string of the molecule is CCCOc1cc(-c2cnc(O[Si](C)(C)C(C)(C)C)c(CCCOC(C)=O)c2)ccc1OC. The second-order valence-corrected chi connectivity index (χ2v) is 14.4. The van der Waals surface area contributed by atoms with E-state index >= 15 is 0 Å². The standard InChI is InChI=1S/C26H39NO5Si/c1-9-14-31-24-17-20(12-13-23(24)29-6)22-16-21(11-10-15-30-19(2)28)25(27-18-22)32-33(7,8)26(3,4)5/h12-13,16-18H,9-11,14-15H2,1-8H3. The number of ether oxygens (including phenoxy) is 3. The van der Waals surface area contributed by atoms with Crippen LogP contribution in [0.1, 0.15) is 53.0 Å². The second kappa shape index (κ2) is 11.5. The number of methoxy groups -OCH3 is 1. The lowest BCUT2D eigenvalue weighted by molar-refractivity contribution is -0.141. The maximum atomic E-state index is 11.1. The number of carbonyl (C=O) groups is 1. The van der Waals surface area contributed by atoms with Gasteiger partial charge in [-0.1, -0.05) is 33.8 Å². The van der Waals surface area contributed by atoms with Gasteiger partial charge < -0.3 is 18.6 Å². The normalized spacial score (nSPS) is 11.8. The number of benzene rings is 1. The minimum atomic E-state index is -2.06. The molecule has 0 radical (unpaired) electrons. The van der Waals surface area contributed by atoms with E-state index < -0.39 is 8.32 Å². The molecule has 0 aliphatic carbocycles. The lowest BCUT2D eigenvalue weighted by Gasteiger charge is -2.36. The highest BCUT2D eigenvalue weighted by molar-refractivity contribution is 6.74. The summed E-state index contributed by atoms with van der Waals surface area (Å²) >= 11 is 0. The quantitative estimate of drug-likeness (QED) is 0.213. The van der Waals surface area contributed by atoms with E-state index in [0.717, 1.165) is 28.9 Å². The van der Waals surface area contributed by atoms with Gasteiger partial charge in [-0.05, 0) is 61.2 Å². The molecule has 0 unspecified atom stereocenters. The van der Waals surface area contributed by atoms with Crippen LogP contribution in [0.3, 0.4) is 0 Å². The van der Waals surface area contributed by atoms with Crippen LogP contribution in [-0.2, 0) is 16.0 Å². The number of esters is 1. The fraction of sp³-hybridized carbons (Fsp3) is 0.538. The molecule has 2 rings (SSSR count). The molecule has 0 atom stereocenters. The Labute approximate surface area is 199 Å². The molecular weight excluding hydrogens is 434 g/mol. The Morgan fingerprint density at radius 1 is 1.06 bits per heavy atom. The molecule has 7 heteroatoms. The fourth-order valence-corrected chi connectivity index (χ4v) is 3.95.